The number of benzene rings is 1. The van der Waals surface area contributed by atoms with Crippen LogP contribution in [0.25, 0.3) is 10.1 Å². The number of halogens is 1. The van der Waals surface area contributed by atoms with Crippen LogP contribution in [0.3, 0.4) is 0 Å². The fraction of sp³-hybridized carbons (Fsp3) is 0.312. The molecule has 1 aromatic carbocycles. The first-order chi connectivity index (χ1) is 10.3. The number of hydrogen-bond donors (Lipinski definition) is 1. The first kappa shape index (κ1) is 13.0. The van der Waals surface area contributed by atoms with E-state index in [4.69, 9.17) is 0 Å². The van der Waals surface area contributed by atoms with Crippen molar-refractivity contribution in [2.45, 2.75) is 32.0 Å². The minimum atomic E-state index is -0.128. The molecule has 0 radical (unpaired) electrons. The van der Waals surface area contributed by atoms with Gasteiger partial charge in [-0.05, 0) is 30.5 Å². The van der Waals surface area contributed by atoms with Crippen molar-refractivity contribution in [2.75, 3.05) is 0 Å². The molecule has 1 saturated carbocycles. The maximum atomic E-state index is 14.3. The van der Waals surface area contributed by atoms with Crippen LogP contribution < -0.4 is 5.32 Å². The van der Waals surface area contributed by atoms with Gasteiger partial charge in [0.25, 0.3) is 0 Å². The highest BCUT2D eigenvalue weighted by molar-refractivity contribution is 7.19. The van der Waals surface area contributed by atoms with E-state index in [1.807, 2.05) is 16.8 Å². The number of rotatable bonds is 5. The Labute approximate surface area is 126 Å². The predicted molar refractivity (Wildman–Crippen MR) is 83.0 cm³/mol. The van der Waals surface area contributed by atoms with Gasteiger partial charge in [-0.25, -0.2) is 9.37 Å². The molecule has 2 aromatic heterocycles. The Kier molecular flexibility index (Phi) is 3.24. The summed E-state index contributed by atoms with van der Waals surface area (Å²) in [5.41, 5.74) is 1.08. The number of imidazole rings is 1. The van der Waals surface area contributed by atoms with Crippen molar-refractivity contribution in [2.24, 2.45) is 0 Å². The number of hydrogen-bond acceptors (Lipinski definition) is 3. The van der Waals surface area contributed by atoms with E-state index in [2.05, 4.69) is 10.3 Å². The van der Waals surface area contributed by atoms with Crippen molar-refractivity contribution in [1.29, 1.82) is 0 Å². The summed E-state index contributed by atoms with van der Waals surface area (Å²) in [5, 5.41) is 4.30. The first-order valence-corrected chi connectivity index (χ1v) is 8.01. The lowest BCUT2D eigenvalue weighted by Crippen LogP contribution is -2.15. The third kappa shape index (κ3) is 2.59. The number of nitrogens with one attached hydrogen (secondary N) is 1. The highest BCUT2D eigenvalue weighted by atomic mass is 32.1. The Morgan fingerprint density at radius 3 is 3.05 bits per heavy atom. The van der Waals surface area contributed by atoms with Gasteiger partial charge >= 0.3 is 0 Å². The number of aromatic nitrogens is 2. The van der Waals surface area contributed by atoms with Crippen LogP contribution in [0.1, 0.15) is 23.3 Å². The van der Waals surface area contributed by atoms with Gasteiger partial charge in [0.05, 0.1) is 12.9 Å². The van der Waals surface area contributed by atoms with Crippen LogP contribution >= 0.6 is 11.3 Å². The Morgan fingerprint density at radius 1 is 1.38 bits per heavy atom. The second-order valence-electron chi connectivity index (χ2n) is 5.51. The average Bonchev–Trinajstić information content (AvgIpc) is 3.03. The molecule has 0 unspecified atom stereocenters. The van der Waals surface area contributed by atoms with E-state index in [0.29, 0.717) is 12.6 Å². The van der Waals surface area contributed by atoms with Crippen LogP contribution in [0, 0.1) is 5.82 Å². The van der Waals surface area contributed by atoms with Crippen molar-refractivity contribution in [3.8, 4) is 0 Å². The van der Waals surface area contributed by atoms with Crippen molar-refractivity contribution < 1.29 is 4.39 Å². The third-order valence-corrected chi connectivity index (χ3v) is 5.07. The lowest BCUT2D eigenvalue weighted by molar-refractivity contribution is 0.637. The second-order valence-corrected chi connectivity index (χ2v) is 6.64. The van der Waals surface area contributed by atoms with Gasteiger partial charge in [0.2, 0.25) is 0 Å². The Balaban J connectivity index is 1.76. The van der Waals surface area contributed by atoms with E-state index >= 15 is 0 Å². The van der Waals surface area contributed by atoms with E-state index in [1.54, 1.807) is 36.0 Å². The molecule has 2 heterocycles. The lowest BCUT2D eigenvalue weighted by atomic mass is 10.1. The fourth-order valence-electron chi connectivity index (χ4n) is 2.61. The Bertz CT molecular complexity index is 759. The van der Waals surface area contributed by atoms with Crippen molar-refractivity contribution in [1.82, 2.24) is 14.9 Å². The topological polar surface area (TPSA) is 29.9 Å². The molecule has 5 heteroatoms. The van der Waals surface area contributed by atoms with Crippen molar-refractivity contribution in [3.05, 3.63) is 53.2 Å². The van der Waals surface area contributed by atoms with E-state index in [1.165, 1.54) is 17.7 Å². The Hall–Kier alpha value is -1.72. The van der Waals surface area contributed by atoms with Gasteiger partial charge in [-0.15, -0.1) is 11.3 Å². The molecule has 1 aliphatic carbocycles. The summed E-state index contributed by atoms with van der Waals surface area (Å²) < 4.78 is 17.3. The molecule has 21 heavy (non-hydrogen) atoms. The minimum Gasteiger partial charge on any atom is -0.333 e. The van der Waals surface area contributed by atoms with Crippen molar-refractivity contribution in [3.63, 3.8) is 0 Å². The van der Waals surface area contributed by atoms with Crippen LogP contribution in [0.15, 0.2) is 36.9 Å². The first-order valence-electron chi connectivity index (χ1n) is 7.19. The van der Waals surface area contributed by atoms with Crippen LogP contribution in [0.4, 0.5) is 4.39 Å². The summed E-state index contributed by atoms with van der Waals surface area (Å²) >= 11 is 1.69. The van der Waals surface area contributed by atoms with Gasteiger partial charge in [0.1, 0.15) is 5.82 Å². The monoisotopic (exact) mass is 301 g/mol. The lowest BCUT2D eigenvalue weighted by Gasteiger charge is -2.07. The highest BCUT2D eigenvalue weighted by Crippen LogP contribution is 2.34. The highest BCUT2D eigenvalue weighted by Gasteiger charge is 2.22. The molecule has 0 saturated heterocycles. The number of thiophene rings is 1. The SMILES string of the molecule is Fc1cccc2sc(CNC3CC3)c(Cn3ccnc3)c12. The quantitative estimate of drug-likeness (QED) is 0.781. The number of nitrogens with zero attached hydrogens (tertiary/aromatic N) is 2. The van der Waals surface area contributed by atoms with Crippen LogP contribution in [0.2, 0.25) is 0 Å². The Morgan fingerprint density at radius 2 is 2.29 bits per heavy atom. The summed E-state index contributed by atoms with van der Waals surface area (Å²) in [6.07, 6.45) is 7.98. The van der Waals surface area contributed by atoms with Crippen molar-refractivity contribution >= 4 is 21.4 Å². The van der Waals surface area contributed by atoms with Gasteiger partial charge in [0.15, 0.2) is 0 Å². The summed E-state index contributed by atoms with van der Waals surface area (Å²) in [5.74, 6) is -0.128. The maximum Gasteiger partial charge on any atom is 0.132 e. The summed E-state index contributed by atoms with van der Waals surface area (Å²) in [6, 6.07) is 5.99. The van der Waals surface area contributed by atoms with Crippen LogP contribution in [-0.2, 0) is 13.1 Å². The van der Waals surface area contributed by atoms with E-state index in [0.717, 1.165) is 22.2 Å². The maximum absolute atomic E-state index is 14.3. The summed E-state index contributed by atoms with van der Waals surface area (Å²) in [6.45, 7) is 1.50. The third-order valence-electron chi connectivity index (χ3n) is 3.88. The van der Waals surface area contributed by atoms with Crippen LogP contribution in [0.5, 0.6) is 0 Å². The second kappa shape index (κ2) is 5.24. The molecule has 0 bridgehead atoms. The molecule has 108 valence electrons. The average molecular weight is 301 g/mol. The zero-order valence-corrected chi connectivity index (χ0v) is 12.4. The molecular formula is C16H16FN3S. The summed E-state index contributed by atoms with van der Waals surface area (Å²) in [7, 11) is 0. The summed E-state index contributed by atoms with van der Waals surface area (Å²) in [4.78, 5) is 5.31. The molecule has 0 atom stereocenters. The molecule has 1 N–H and O–H groups in total. The predicted octanol–water partition coefficient (Wildman–Crippen LogP) is 3.54. The van der Waals surface area contributed by atoms with E-state index in [-0.39, 0.29) is 5.82 Å². The molecule has 4 rings (SSSR count). The largest absolute Gasteiger partial charge is 0.333 e. The van der Waals surface area contributed by atoms with Gasteiger partial charge < -0.3 is 9.88 Å². The standard InChI is InChI=1S/C16H16FN3S/c17-13-2-1-3-14-16(13)12(9-20-7-6-18-10-20)15(21-14)8-19-11-4-5-11/h1-3,6-7,10-11,19H,4-5,8-9H2. The van der Waals surface area contributed by atoms with Gasteiger partial charge in [-0.3, -0.25) is 0 Å². The molecule has 0 amide bonds. The zero-order valence-electron chi connectivity index (χ0n) is 11.6. The molecular weight excluding hydrogens is 285 g/mol. The van der Waals surface area contributed by atoms with Gasteiger partial charge in [-0.1, -0.05) is 6.07 Å². The molecule has 3 aromatic rings. The fourth-order valence-corrected chi connectivity index (χ4v) is 3.79. The van der Waals surface area contributed by atoms with E-state index in [9.17, 15) is 4.39 Å². The van der Waals surface area contributed by atoms with Crippen LogP contribution in [-0.4, -0.2) is 15.6 Å². The normalized spacial score (nSPS) is 14.9. The number of fused-ring (bicyclic) bond motifs is 1. The smallest absolute Gasteiger partial charge is 0.132 e. The van der Waals surface area contributed by atoms with Gasteiger partial charge in [0, 0.05) is 39.9 Å². The molecule has 0 spiro atoms. The molecule has 1 aliphatic rings. The molecule has 0 aliphatic heterocycles. The van der Waals surface area contributed by atoms with Gasteiger partial charge in [-0.2, -0.15) is 0 Å². The van der Waals surface area contributed by atoms with E-state index < -0.39 is 0 Å². The molecule has 3 nitrogen and oxygen atoms in total. The zero-order chi connectivity index (χ0) is 14.2. The molecule has 1 fully saturated rings. The minimum absolute atomic E-state index is 0.128.